The second-order valence-corrected chi connectivity index (χ2v) is 5.38. The molecule has 2 rings (SSSR count). The molecule has 0 amide bonds. The monoisotopic (exact) mass is 328 g/mol. The molecule has 0 aliphatic heterocycles. The van der Waals surface area contributed by atoms with Gasteiger partial charge >= 0.3 is 0 Å². The number of halogens is 2. The zero-order chi connectivity index (χ0) is 15.6. The molecular weight excluding hydrogens is 315 g/mol. The molecule has 0 aliphatic carbocycles. The van der Waals surface area contributed by atoms with Crippen LogP contribution < -0.4 is 21.6 Å². The maximum atomic E-state index is 11.7. The highest BCUT2D eigenvalue weighted by atomic mass is 35.5. The molecule has 0 atom stereocenters. The van der Waals surface area contributed by atoms with E-state index in [1.165, 1.54) is 16.8 Å². The van der Waals surface area contributed by atoms with Crippen LogP contribution in [-0.2, 0) is 0 Å². The van der Waals surface area contributed by atoms with Crippen LogP contribution in [0.5, 0.6) is 11.6 Å². The molecule has 0 saturated carbocycles. The highest BCUT2D eigenvalue weighted by Gasteiger charge is 2.13. The second-order valence-electron chi connectivity index (χ2n) is 4.56. The fraction of sp³-hybridized carbons (Fsp3) is 0.231. The first-order valence-corrected chi connectivity index (χ1v) is 6.91. The van der Waals surface area contributed by atoms with E-state index in [1.807, 2.05) is 13.8 Å². The molecular formula is C13H14Cl2N4O2. The van der Waals surface area contributed by atoms with Crippen LogP contribution in [0.25, 0.3) is 0 Å². The Hall–Kier alpha value is -1.76. The second kappa shape index (κ2) is 6.34. The number of nitrogen functional groups attached to an aromatic ring is 1. The van der Waals surface area contributed by atoms with Gasteiger partial charge in [-0.3, -0.25) is 10.6 Å². The minimum absolute atomic E-state index is 0.0872. The van der Waals surface area contributed by atoms with Gasteiger partial charge in [0.1, 0.15) is 0 Å². The van der Waals surface area contributed by atoms with Crippen LogP contribution in [-0.4, -0.2) is 9.78 Å². The lowest BCUT2D eigenvalue weighted by Gasteiger charge is -2.13. The molecule has 1 aromatic carbocycles. The molecule has 21 heavy (non-hydrogen) atoms. The molecule has 8 heteroatoms. The zero-order valence-corrected chi connectivity index (χ0v) is 12.9. The van der Waals surface area contributed by atoms with Crippen molar-refractivity contribution in [3.05, 3.63) is 44.7 Å². The summed E-state index contributed by atoms with van der Waals surface area (Å²) < 4.78 is 6.89. The van der Waals surface area contributed by atoms with E-state index in [4.69, 9.17) is 33.8 Å². The van der Waals surface area contributed by atoms with Crippen molar-refractivity contribution in [1.82, 2.24) is 9.78 Å². The lowest BCUT2D eigenvalue weighted by atomic mass is 10.3. The molecule has 0 spiro atoms. The first-order valence-electron chi connectivity index (χ1n) is 6.15. The van der Waals surface area contributed by atoms with Crippen molar-refractivity contribution in [3.8, 4) is 11.6 Å². The van der Waals surface area contributed by atoms with Crippen LogP contribution in [0.3, 0.4) is 0 Å². The molecule has 6 nitrogen and oxygen atoms in total. The minimum Gasteiger partial charge on any atom is -0.434 e. The third-order valence-electron chi connectivity index (χ3n) is 2.66. The van der Waals surface area contributed by atoms with Gasteiger partial charge in [-0.1, -0.05) is 23.2 Å². The number of rotatable bonds is 4. The number of aromatic nitrogens is 2. The largest absolute Gasteiger partial charge is 0.434 e. The van der Waals surface area contributed by atoms with E-state index < -0.39 is 0 Å². The van der Waals surface area contributed by atoms with Gasteiger partial charge in [-0.05, 0) is 26.0 Å². The first-order chi connectivity index (χ1) is 9.92. The molecule has 0 bridgehead atoms. The summed E-state index contributed by atoms with van der Waals surface area (Å²) in [4.78, 5) is 11.7. The summed E-state index contributed by atoms with van der Waals surface area (Å²) in [6.45, 7) is 3.69. The summed E-state index contributed by atoms with van der Waals surface area (Å²) in [5.41, 5.74) is 2.79. The van der Waals surface area contributed by atoms with Gasteiger partial charge in [0.15, 0.2) is 5.75 Å². The molecule has 0 radical (unpaired) electrons. The number of ether oxygens (including phenoxy) is 1. The fourth-order valence-corrected chi connectivity index (χ4v) is 2.24. The lowest BCUT2D eigenvalue weighted by molar-refractivity contribution is 0.411. The summed E-state index contributed by atoms with van der Waals surface area (Å²) in [6, 6.07) is 5.89. The van der Waals surface area contributed by atoms with E-state index >= 15 is 0 Å². The maximum Gasteiger partial charge on any atom is 0.267 e. The van der Waals surface area contributed by atoms with Crippen LogP contribution in [0, 0.1) is 0 Å². The van der Waals surface area contributed by atoms with E-state index in [0.717, 1.165) is 0 Å². The van der Waals surface area contributed by atoms with E-state index in [0.29, 0.717) is 5.69 Å². The van der Waals surface area contributed by atoms with Crippen LogP contribution >= 0.6 is 23.2 Å². The average molecular weight is 329 g/mol. The number of hydrogen-bond acceptors (Lipinski definition) is 5. The van der Waals surface area contributed by atoms with Crippen LogP contribution in [0.4, 0.5) is 5.69 Å². The third-order valence-corrected chi connectivity index (χ3v) is 3.22. The Balaban J connectivity index is 2.39. The predicted molar refractivity (Wildman–Crippen MR) is 83.2 cm³/mol. The molecule has 0 fully saturated rings. The number of nitrogens with one attached hydrogen (secondary N) is 1. The normalized spacial score (nSPS) is 10.8. The third kappa shape index (κ3) is 3.47. The van der Waals surface area contributed by atoms with Gasteiger partial charge in [0.2, 0.25) is 5.88 Å². The molecule has 1 heterocycles. The number of hydrazine groups is 1. The van der Waals surface area contributed by atoms with Gasteiger partial charge in [-0.15, -0.1) is 5.10 Å². The van der Waals surface area contributed by atoms with Gasteiger partial charge in [0.05, 0.1) is 21.8 Å². The average Bonchev–Trinajstić information content (AvgIpc) is 2.43. The van der Waals surface area contributed by atoms with Gasteiger partial charge in [0, 0.05) is 12.1 Å². The Labute approximate surface area is 131 Å². The zero-order valence-electron chi connectivity index (χ0n) is 11.4. The van der Waals surface area contributed by atoms with Gasteiger partial charge in [-0.25, -0.2) is 4.68 Å². The molecule has 0 saturated heterocycles. The molecule has 2 aromatic rings. The molecule has 0 unspecified atom stereocenters. The smallest absolute Gasteiger partial charge is 0.267 e. The Bertz CT molecular complexity index is 693. The summed E-state index contributed by atoms with van der Waals surface area (Å²) >= 11 is 12.2. The van der Waals surface area contributed by atoms with Gasteiger partial charge in [-0.2, -0.15) is 0 Å². The summed E-state index contributed by atoms with van der Waals surface area (Å²) in [5, 5.41) is 4.67. The molecule has 112 valence electrons. The van der Waals surface area contributed by atoms with Crippen molar-refractivity contribution < 1.29 is 4.74 Å². The number of hydrogen-bond donors (Lipinski definition) is 2. The Morgan fingerprint density at radius 3 is 2.43 bits per heavy atom. The van der Waals surface area contributed by atoms with Crippen LogP contribution in [0.15, 0.2) is 29.1 Å². The first kappa shape index (κ1) is 15.6. The Morgan fingerprint density at radius 2 is 1.90 bits per heavy atom. The summed E-state index contributed by atoms with van der Waals surface area (Å²) in [6.07, 6.45) is 0. The van der Waals surface area contributed by atoms with Crippen molar-refractivity contribution in [1.29, 1.82) is 0 Å². The van der Waals surface area contributed by atoms with E-state index in [1.54, 1.807) is 12.1 Å². The number of nitrogens with two attached hydrogens (primary N) is 1. The summed E-state index contributed by atoms with van der Waals surface area (Å²) in [7, 11) is 0. The van der Waals surface area contributed by atoms with E-state index in [9.17, 15) is 4.79 Å². The number of nitrogens with zero attached hydrogens (tertiary/aromatic N) is 2. The van der Waals surface area contributed by atoms with Crippen molar-refractivity contribution in [2.75, 3.05) is 5.43 Å². The quantitative estimate of drug-likeness (QED) is 0.665. The van der Waals surface area contributed by atoms with Gasteiger partial charge in [0.25, 0.3) is 5.56 Å². The summed E-state index contributed by atoms with van der Waals surface area (Å²) in [5.74, 6) is 5.77. The minimum atomic E-state index is -0.211. The lowest BCUT2D eigenvalue weighted by Crippen LogP contribution is -2.23. The van der Waals surface area contributed by atoms with E-state index in [2.05, 4.69) is 10.5 Å². The maximum absolute atomic E-state index is 11.7. The molecule has 3 N–H and O–H groups in total. The predicted octanol–water partition coefficient (Wildman–Crippen LogP) is 3.21. The number of anilines is 1. The Kier molecular flexibility index (Phi) is 4.72. The standard InChI is InChI=1S/C13H14Cl2N4O2/c1-7(2)19-12(20)4-3-11(18-19)21-13-9(14)5-8(17-16)6-10(13)15/h3-7,17H,16H2,1-2H3. The van der Waals surface area contributed by atoms with Crippen LogP contribution in [0.1, 0.15) is 19.9 Å². The van der Waals surface area contributed by atoms with Crippen LogP contribution in [0.2, 0.25) is 10.0 Å². The van der Waals surface area contributed by atoms with Crippen molar-refractivity contribution in [2.45, 2.75) is 19.9 Å². The topological polar surface area (TPSA) is 82.2 Å². The highest BCUT2D eigenvalue weighted by molar-refractivity contribution is 6.37. The van der Waals surface area contributed by atoms with Crippen molar-refractivity contribution >= 4 is 28.9 Å². The fourth-order valence-electron chi connectivity index (χ4n) is 1.68. The molecule has 0 aliphatic rings. The van der Waals surface area contributed by atoms with Gasteiger partial charge < -0.3 is 10.2 Å². The van der Waals surface area contributed by atoms with E-state index in [-0.39, 0.29) is 33.3 Å². The molecule has 1 aromatic heterocycles. The SMILES string of the molecule is CC(C)n1nc(Oc2c(Cl)cc(NN)cc2Cl)ccc1=O. The highest BCUT2D eigenvalue weighted by Crippen LogP contribution is 2.38. The number of benzene rings is 1. The Morgan fingerprint density at radius 1 is 1.29 bits per heavy atom. The van der Waals surface area contributed by atoms with Crippen molar-refractivity contribution in [2.24, 2.45) is 5.84 Å². The van der Waals surface area contributed by atoms with Crippen molar-refractivity contribution in [3.63, 3.8) is 0 Å².